The van der Waals surface area contributed by atoms with Crippen LogP contribution in [0.2, 0.25) is 0 Å². The molecule has 1 aliphatic heterocycles. The molecule has 1 aliphatic rings. The molecule has 1 atom stereocenters. The Hall–Kier alpha value is -1.49. The number of nitrogen functional groups attached to an aromatic ring is 1. The fourth-order valence-electron chi connectivity index (χ4n) is 2.46. The summed E-state index contributed by atoms with van der Waals surface area (Å²) >= 11 is 0. The van der Waals surface area contributed by atoms with Gasteiger partial charge in [-0.25, -0.2) is 0 Å². The Bertz CT molecular complexity index is 424. The van der Waals surface area contributed by atoms with Crippen LogP contribution in [0.3, 0.4) is 0 Å². The fourth-order valence-corrected chi connectivity index (χ4v) is 2.46. The quantitative estimate of drug-likeness (QED) is 0.895. The first-order chi connectivity index (χ1) is 9.15. The molecule has 1 saturated heterocycles. The molecule has 0 aromatic carbocycles. The lowest BCUT2D eigenvalue weighted by atomic mass is 10.1. The Morgan fingerprint density at radius 1 is 1.37 bits per heavy atom. The molecule has 5 nitrogen and oxygen atoms in total. The molecule has 1 unspecified atom stereocenters. The van der Waals surface area contributed by atoms with E-state index in [1.807, 2.05) is 19.1 Å². The fraction of sp³-hybridized carbons (Fsp3) is 0.643. The molecular formula is C14H24N4O. The first-order valence-electron chi connectivity index (χ1n) is 7.00. The van der Waals surface area contributed by atoms with Gasteiger partial charge in [0.15, 0.2) is 0 Å². The molecule has 2 heterocycles. The third-order valence-electron chi connectivity index (χ3n) is 3.73. The lowest BCUT2D eigenvalue weighted by Crippen LogP contribution is -2.51. The van der Waals surface area contributed by atoms with E-state index in [0.29, 0.717) is 24.2 Å². The minimum absolute atomic E-state index is 0.548. The van der Waals surface area contributed by atoms with Gasteiger partial charge in [0.05, 0.1) is 12.3 Å². The Kier molecular flexibility index (Phi) is 4.47. The topological polar surface area (TPSA) is 54.6 Å². The van der Waals surface area contributed by atoms with E-state index >= 15 is 0 Å². The van der Waals surface area contributed by atoms with Crippen LogP contribution in [0.4, 0.5) is 11.5 Å². The summed E-state index contributed by atoms with van der Waals surface area (Å²) < 4.78 is 5.47. The second kappa shape index (κ2) is 6.10. The van der Waals surface area contributed by atoms with Crippen molar-refractivity contribution in [2.45, 2.75) is 26.3 Å². The predicted octanol–water partition coefficient (Wildman–Crippen LogP) is 1.59. The molecule has 1 aromatic rings. The Balaban J connectivity index is 2.15. The molecule has 5 heteroatoms. The number of likely N-dealkylation sites (N-methyl/N-ethyl adjacent to an activating group) is 1. The number of ether oxygens (including phenoxy) is 1. The van der Waals surface area contributed by atoms with Crippen molar-refractivity contribution in [3.8, 4) is 5.88 Å². The molecule has 0 radical (unpaired) electrons. The molecule has 1 aromatic heterocycles. The second-order valence-electron chi connectivity index (χ2n) is 4.99. The normalized spacial score (nSPS) is 20.6. The van der Waals surface area contributed by atoms with Gasteiger partial charge in [0.2, 0.25) is 5.88 Å². The first-order valence-corrected chi connectivity index (χ1v) is 7.00. The third kappa shape index (κ3) is 3.10. The smallest absolute Gasteiger partial charge is 0.239 e. The molecule has 1 fully saturated rings. The number of nitrogens with zero attached hydrogens (tertiary/aromatic N) is 3. The highest BCUT2D eigenvalue weighted by atomic mass is 16.5. The lowest BCUT2D eigenvalue weighted by molar-refractivity contribution is 0.212. The van der Waals surface area contributed by atoms with Crippen LogP contribution in [-0.4, -0.2) is 49.2 Å². The van der Waals surface area contributed by atoms with Gasteiger partial charge in [-0.1, -0.05) is 6.92 Å². The lowest BCUT2D eigenvalue weighted by Gasteiger charge is -2.39. The maximum Gasteiger partial charge on any atom is 0.239 e. The van der Waals surface area contributed by atoms with Gasteiger partial charge in [0.25, 0.3) is 0 Å². The molecule has 19 heavy (non-hydrogen) atoms. The average molecular weight is 264 g/mol. The van der Waals surface area contributed by atoms with Crippen molar-refractivity contribution >= 4 is 11.5 Å². The van der Waals surface area contributed by atoms with Crippen LogP contribution in [0.1, 0.15) is 20.3 Å². The van der Waals surface area contributed by atoms with E-state index in [-0.39, 0.29) is 0 Å². The van der Waals surface area contributed by atoms with Gasteiger partial charge in [-0.05, 0) is 32.5 Å². The van der Waals surface area contributed by atoms with Gasteiger partial charge >= 0.3 is 0 Å². The van der Waals surface area contributed by atoms with E-state index < -0.39 is 0 Å². The van der Waals surface area contributed by atoms with Crippen LogP contribution in [0.15, 0.2) is 12.1 Å². The van der Waals surface area contributed by atoms with Gasteiger partial charge in [-0.15, -0.1) is 0 Å². The largest absolute Gasteiger partial charge is 0.476 e. The summed E-state index contributed by atoms with van der Waals surface area (Å²) in [6, 6.07) is 4.45. The first kappa shape index (κ1) is 13.9. The van der Waals surface area contributed by atoms with E-state index in [1.54, 1.807) is 0 Å². The van der Waals surface area contributed by atoms with Crippen molar-refractivity contribution in [1.29, 1.82) is 0 Å². The van der Waals surface area contributed by atoms with E-state index in [9.17, 15) is 0 Å². The maximum atomic E-state index is 5.87. The minimum atomic E-state index is 0.548. The van der Waals surface area contributed by atoms with Crippen LogP contribution >= 0.6 is 0 Å². The van der Waals surface area contributed by atoms with Gasteiger partial charge in [-0.2, -0.15) is 4.98 Å². The number of hydrogen-bond donors (Lipinski definition) is 1. The summed E-state index contributed by atoms with van der Waals surface area (Å²) in [5, 5.41) is 0. The molecule has 0 amide bonds. The summed E-state index contributed by atoms with van der Waals surface area (Å²) in [5.74, 6) is 1.51. The summed E-state index contributed by atoms with van der Waals surface area (Å²) in [5.41, 5.74) is 6.47. The Morgan fingerprint density at radius 3 is 2.84 bits per heavy atom. The number of aromatic nitrogens is 1. The second-order valence-corrected chi connectivity index (χ2v) is 4.99. The van der Waals surface area contributed by atoms with E-state index in [0.717, 1.165) is 31.9 Å². The average Bonchev–Trinajstić information content (AvgIpc) is 2.42. The van der Waals surface area contributed by atoms with Crippen molar-refractivity contribution in [3.63, 3.8) is 0 Å². The maximum absolute atomic E-state index is 5.87. The van der Waals surface area contributed by atoms with Crippen molar-refractivity contribution in [1.82, 2.24) is 9.88 Å². The Labute approximate surface area is 115 Å². The number of anilines is 2. The molecular weight excluding hydrogens is 240 g/mol. The van der Waals surface area contributed by atoms with E-state index in [1.165, 1.54) is 0 Å². The number of hydrogen-bond acceptors (Lipinski definition) is 5. The van der Waals surface area contributed by atoms with Gasteiger partial charge < -0.3 is 15.4 Å². The molecule has 0 saturated carbocycles. The van der Waals surface area contributed by atoms with Crippen molar-refractivity contribution in [3.05, 3.63) is 12.1 Å². The zero-order valence-electron chi connectivity index (χ0n) is 12.1. The number of piperazine rings is 1. The number of nitrogens with two attached hydrogens (primary N) is 1. The van der Waals surface area contributed by atoms with Crippen molar-refractivity contribution in [2.24, 2.45) is 0 Å². The highest BCUT2D eigenvalue weighted by Crippen LogP contribution is 2.25. The minimum Gasteiger partial charge on any atom is -0.476 e. The van der Waals surface area contributed by atoms with E-state index in [4.69, 9.17) is 10.5 Å². The molecule has 2 rings (SSSR count). The zero-order chi connectivity index (χ0) is 13.8. The highest BCUT2D eigenvalue weighted by Gasteiger charge is 2.24. The van der Waals surface area contributed by atoms with Crippen molar-refractivity contribution in [2.75, 3.05) is 43.9 Å². The van der Waals surface area contributed by atoms with Crippen LogP contribution in [0.5, 0.6) is 5.88 Å². The summed E-state index contributed by atoms with van der Waals surface area (Å²) in [6.45, 7) is 7.82. The number of rotatable bonds is 4. The van der Waals surface area contributed by atoms with Crippen LogP contribution in [0.25, 0.3) is 0 Å². The predicted molar refractivity (Wildman–Crippen MR) is 78.7 cm³/mol. The van der Waals surface area contributed by atoms with Crippen LogP contribution in [0, 0.1) is 0 Å². The number of pyridine rings is 1. The van der Waals surface area contributed by atoms with Crippen molar-refractivity contribution < 1.29 is 4.74 Å². The van der Waals surface area contributed by atoms with E-state index in [2.05, 4.69) is 28.8 Å². The SMILES string of the molecule is CCOc1nc(N2CCN(C)C(CC)C2)ccc1N. The summed E-state index contributed by atoms with van der Waals surface area (Å²) in [7, 11) is 2.19. The summed E-state index contributed by atoms with van der Waals surface area (Å²) in [6.07, 6.45) is 1.15. The molecule has 0 spiro atoms. The van der Waals surface area contributed by atoms with Gasteiger partial charge in [-0.3, -0.25) is 4.90 Å². The monoisotopic (exact) mass is 264 g/mol. The van der Waals surface area contributed by atoms with Gasteiger partial charge in [0.1, 0.15) is 5.82 Å². The van der Waals surface area contributed by atoms with Crippen LogP contribution < -0.4 is 15.4 Å². The van der Waals surface area contributed by atoms with Gasteiger partial charge in [0, 0.05) is 25.7 Å². The molecule has 0 bridgehead atoms. The molecule has 0 aliphatic carbocycles. The Morgan fingerprint density at radius 2 is 2.16 bits per heavy atom. The highest BCUT2D eigenvalue weighted by molar-refractivity contribution is 5.54. The standard InChI is InChI=1S/C14H24N4O/c1-4-11-10-18(9-8-17(11)3)13-7-6-12(15)14(16-13)19-5-2/h6-7,11H,4-5,8-10,15H2,1-3H3. The molecule has 2 N–H and O–H groups in total. The zero-order valence-corrected chi connectivity index (χ0v) is 12.1. The third-order valence-corrected chi connectivity index (χ3v) is 3.73. The summed E-state index contributed by atoms with van der Waals surface area (Å²) in [4.78, 5) is 9.27. The van der Waals surface area contributed by atoms with Crippen LogP contribution in [-0.2, 0) is 0 Å². The molecule has 106 valence electrons.